The van der Waals surface area contributed by atoms with Crippen molar-refractivity contribution in [2.75, 3.05) is 18.4 Å². The molecule has 102 valence electrons. The first-order chi connectivity index (χ1) is 8.98. The van der Waals surface area contributed by atoms with Gasteiger partial charge in [-0.05, 0) is 30.9 Å². The van der Waals surface area contributed by atoms with Crippen molar-refractivity contribution >= 4 is 11.7 Å². The molecule has 2 aliphatic rings. The van der Waals surface area contributed by atoms with Gasteiger partial charge >= 0.3 is 6.03 Å². The topological polar surface area (TPSA) is 58.4 Å². The minimum atomic E-state index is -0.782. The molecule has 0 radical (unpaired) electrons. The number of anilines is 1. The summed E-state index contributed by atoms with van der Waals surface area (Å²) in [5.41, 5.74) is 5.85. The second kappa shape index (κ2) is 4.16. The number of benzene rings is 1. The van der Waals surface area contributed by atoms with Crippen LogP contribution in [0.4, 0.5) is 19.3 Å². The van der Waals surface area contributed by atoms with E-state index in [0.29, 0.717) is 19.0 Å². The molecule has 1 heterocycles. The molecule has 1 saturated heterocycles. The third-order valence-corrected chi connectivity index (χ3v) is 3.82. The lowest BCUT2D eigenvalue weighted by atomic mass is 9.86. The van der Waals surface area contributed by atoms with Crippen molar-refractivity contribution in [2.24, 2.45) is 11.7 Å². The van der Waals surface area contributed by atoms with Gasteiger partial charge in [0.25, 0.3) is 0 Å². The summed E-state index contributed by atoms with van der Waals surface area (Å²) in [6.07, 6.45) is 2.25. The number of nitrogens with one attached hydrogen (secondary N) is 1. The van der Waals surface area contributed by atoms with Crippen LogP contribution in [0, 0.1) is 17.6 Å². The van der Waals surface area contributed by atoms with E-state index in [9.17, 15) is 13.6 Å². The molecular formula is C13H15F2N3O. The average Bonchev–Trinajstić information content (AvgIpc) is 3.12. The van der Waals surface area contributed by atoms with E-state index in [-0.39, 0.29) is 11.2 Å². The van der Waals surface area contributed by atoms with Crippen molar-refractivity contribution in [3.8, 4) is 0 Å². The number of carbonyl (C=O) groups excluding carboxylic acids is 1. The van der Waals surface area contributed by atoms with Crippen LogP contribution >= 0.6 is 0 Å². The SMILES string of the molecule is NC1(C2CC2)CN(C(=O)Nc2ccc(F)cc2F)C1. The Morgan fingerprint density at radius 1 is 1.37 bits per heavy atom. The van der Waals surface area contributed by atoms with Crippen LogP contribution < -0.4 is 11.1 Å². The monoisotopic (exact) mass is 267 g/mol. The van der Waals surface area contributed by atoms with E-state index in [1.54, 1.807) is 4.90 Å². The number of hydrogen-bond acceptors (Lipinski definition) is 2. The predicted molar refractivity (Wildman–Crippen MR) is 66.6 cm³/mol. The van der Waals surface area contributed by atoms with Crippen molar-refractivity contribution in [1.29, 1.82) is 0 Å². The quantitative estimate of drug-likeness (QED) is 0.860. The number of likely N-dealkylation sites (tertiary alicyclic amines) is 1. The summed E-state index contributed by atoms with van der Waals surface area (Å²) in [7, 11) is 0. The maximum Gasteiger partial charge on any atom is 0.322 e. The lowest BCUT2D eigenvalue weighted by Gasteiger charge is -2.48. The van der Waals surface area contributed by atoms with E-state index in [4.69, 9.17) is 5.73 Å². The summed E-state index contributed by atoms with van der Waals surface area (Å²) in [6, 6.07) is 2.65. The summed E-state index contributed by atoms with van der Waals surface area (Å²) in [5.74, 6) is -0.941. The van der Waals surface area contributed by atoms with Crippen molar-refractivity contribution in [1.82, 2.24) is 4.90 Å². The van der Waals surface area contributed by atoms with Gasteiger partial charge < -0.3 is 16.0 Å². The number of rotatable bonds is 2. The molecule has 0 spiro atoms. The van der Waals surface area contributed by atoms with E-state index in [1.807, 2.05) is 0 Å². The first kappa shape index (κ1) is 12.3. The fraction of sp³-hybridized carbons (Fsp3) is 0.462. The molecule has 4 nitrogen and oxygen atoms in total. The Labute approximate surface area is 109 Å². The van der Waals surface area contributed by atoms with Crippen LogP contribution in [0.3, 0.4) is 0 Å². The fourth-order valence-corrected chi connectivity index (χ4v) is 2.51. The van der Waals surface area contributed by atoms with Crippen LogP contribution in [0.15, 0.2) is 18.2 Å². The van der Waals surface area contributed by atoms with Gasteiger partial charge in [-0.1, -0.05) is 0 Å². The number of urea groups is 1. The smallest absolute Gasteiger partial charge is 0.322 e. The highest BCUT2D eigenvalue weighted by molar-refractivity contribution is 5.90. The minimum absolute atomic E-state index is 0.0210. The number of nitrogens with zero attached hydrogens (tertiary/aromatic N) is 1. The van der Waals surface area contributed by atoms with E-state index in [2.05, 4.69) is 5.32 Å². The number of halogens is 2. The second-order valence-electron chi connectivity index (χ2n) is 5.42. The molecule has 1 aliphatic heterocycles. The molecular weight excluding hydrogens is 252 g/mol. The summed E-state index contributed by atoms with van der Waals surface area (Å²) >= 11 is 0. The first-order valence-corrected chi connectivity index (χ1v) is 6.28. The molecule has 1 saturated carbocycles. The third-order valence-electron chi connectivity index (χ3n) is 3.82. The maximum atomic E-state index is 13.4. The Hall–Kier alpha value is -1.69. The molecule has 1 aromatic rings. The van der Waals surface area contributed by atoms with Crippen LogP contribution in [0.5, 0.6) is 0 Å². The standard InChI is InChI=1S/C13H15F2N3O/c14-9-3-4-11(10(15)5-9)17-12(19)18-6-13(16,7-18)8-1-2-8/h3-5,8H,1-2,6-7,16H2,(H,17,19). The van der Waals surface area contributed by atoms with Gasteiger partial charge in [0, 0.05) is 19.2 Å². The summed E-state index contributed by atoms with van der Waals surface area (Å²) in [5, 5.41) is 2.43. The van der Waals surface area contributed by atoms with Gasteiger partial charge in [0.05, 0.1) is 11.2 Å². The Bertz CT molecular complexity index is 525. The van der Waals surface area contributed by atoms with Crippen LogP contribution in [-0.2, 0) is 0 Å². The van der Waals surface area contributed by atoms with E-state index < -0.39 is 17.7 Å². The Morgan fingerprint density at radius 2 is 2.05 bits per heavy atom. The lowest BCUT2D eigenvalue weighted by Crippen LogP contribution is -2.70. The van der Waals surface area contributed by atoms with Gasteiger partial charge in [-0.15, -0.1) is 0 Å². The first-order valence-electron chi connectivity index (χ1n) is 6.28. The molecule has 1 aromatic carbocycles. The van der Waals surface area contributed by atoms with Crippen LogP contribution in [0.1, 0.15) is 12.8 Å². The van der Waals surface area contributed by atoms with Crippen molar-refractivity contribution < 1.29 is 13.6 Å². The Morgan fingerprint density at radius 3 is 2.63 bits per heavy atom. The molecule has 0 aromatic heterocycles. The van der Waals surface area contributed by atoms with Crippen molar-refractivity contribution in [3.05, 3.63) is 29.8 Å². The van der Waals surface area contributed by atoms with Crippen molar-refractivity contribution in [2.45, 2.75) is 18.4 Å². The Balaban J connectivity index is 1.60. The minimum Gasteiger partial charge on any atom is -0.322 e. The summed E-state index contributed by atoms with van der Waals surface area (Å²) in [4.78, 5) is 13.4. The van der Waals surface area contributed by atoms with E-state index in [0.717, 1.165) is 25.0 Å². The number of carbonyl (C=O) groups is 1. The summed E-state index contributed by atoms with van der Waals surface area (Å²) < 4.78 is 26.1. The highest BCUT2D eigenvalue weighted by Gasteiger charge is 2.51. The van der Waals surface area contributed by atoms with E-state index >= 15 is 0 Å². The number of hydrogen-bond donors (Lipinski definition) is 2. The molecule has 6 heteroatoms. The summed E-state index contributed by atoms with van der Waals surface area (Å²) in [6.45, 7) is 0.985. The lowest BCUT2D eigenvalue weighted by molar-refractivity contribution is 0.0894. The maximum absolute atomic E-state index is 13.4. The van der Waals surface area contributed by atoms with Crippen LogP contribution in [0.25, 0.3) is 0 Å². The highest BCUT2D eigenvalue weighted by Crippen LogP contribution is 2.43. The molecule has 1 aliphatic carbocycles. The fourth-order valence-electron chi connectivity index (χ4n) is 2.51. The van der Waals surface area contributed by atoms with Gasteiger partial charge in [-0.2, -0.15) is 0 Å². The predicted octanol–water partition coefficient (Wildman–Crippen LogP) is 1.92. The molecule has 2 fully saturated rings. The highest BCUT2D eigenvalue weighted by atomic mass is 19.1. The van der Waals surface area contributed by atoms with Gasteiger partial charge in [-0.3, -0.25) is 0 Å². The molecule has 0 bridgehead atoms. The van der Waals surface area contributed by atoms with Crippen LogP contribution in [-0.4, -0.2) is 29.6 Å². The van der Waals surface area contributed by atoms with Gasteiger partial charge in [0.1, 0.15) is 11.6 Å². The van der Waals surface area contributed by atoms with E-state index in [1.165, 1.54) is 6.07 Å². The molecule has 3 rings (SSSR count). The van der Waals surface area contributed by atoms with Crippen LogP contribution in [0.2, 0.25) is 0 Å². The zero-order valence-corrected chi connectivity index (χ0v) is 10.3. The largest absolute Gasteiger partial charge is 0.322 e. The second-order valence-corrected chi connectivity index (χ2v) is 5.42. The van der Waals surface area contributed by atoms with Crippen molar-refractivity contribution in [3.63, 3.8) is 0 Å². The van der Waals surface area contributed by atoms with Gasteiger partial charge in [0.2, 0.25) is 0 Å². The number of nitrogens with two attached hydrogens (primary N) is 1. The molecule has 3 N–H and O–H groups in total. The normalized spacial score (nSPS) is 20.9. The average molecular weight is 267 g/mol. The molecule has 19 heavy (non-hydrogen) atoms. The van der Waals surface area contributed by atoms with Gasteiger partial charge in [-0.25, -0.2) is 13.6 Å². The molecule has 0 unspecified atom stereocenters. The number of amides is 2. The molecule has 2 amide bonds. The Kier molecular flexibility index (Phi) is 2.70. The third kappa shape index (κ3) is 2.28. The zero-order chi connectivity index (χ0) is 13.6. The van der Waals surface area contributed by atoms with Gasteiger partial charge in [0.15, 0.2) is 0 Å². The zero-order valence-electron chi connectivity index (χ0n) is 10.3. The molecule has 0 atom stereocenters.